The SMILES string of the molecule is Cc1ccc(S(=O)(=O)N[C@H]2CCC(C)(C)c3ccc(N(Cc4nccn4C)C(=O)[C@@H]4C[C@@H]4c4ccccc4)cc32)cc1. The molecule has 1 saturated carbocycles. The highest BCUT2D eigenvalue weighted by Gasteiger charge is 2.46. The first-order valence-corrected chi connectivity index (χ1v) is 16.1. The van der Waals surface area contributed by atoms with E-state index in [1.54, 1.807) is 18.3 Å². The van der Waals surface area contributed by atoms with E-state index in [-0.39, 0.29) is 28.1 Å². The summed E-state index contributed by atoms with van der Waals surface area (Å²) < 4.78 is 31.8. The van der Waals surface area contributed by atoms with Gasteiger partial charge in [0, 0.05) is 37.1 Å². The molecule has 2 aliphatic rings. The summed E-state index contributed by atoms with van der Waals surface area (Å²) in [7, 11) is -1.81. The van der Waals surface area contributed by atoms with Gasteiger partial charge in [0.2, 0.25) is 15.9 Å². The molecule has 7 nitrogen and oxygen atoms in total. The monoisotopic (exact) mass is 582 g/mol. The fourth-order valence-corrected chi connectivity index (χ4v) is 7.49. The summed E-state index contributed by atoms with van der Waals surface area (Å²) in [6.07, 6.45) is 5.95. The van der Waals surface area contributed by atoms with Crippen molar-refractivity contribution in [2.24, 2.45) is 13.0 Å². The van der Waals surface area contributed by atoms with Crippen LogP contribution >= 0.6 is 0 Å². The van der Waals surface area contributed by atoms with Gasteiger partial charge in [-0.3, -0.25) is 4.79 Å². The number of aryl methyl sites for hydroxylation is 2. The van der Waals surface area contributed by atoms with Gasteiger partial charge < -0.3 is 9.47 Å². The molecule has 0 unspecified atom stereocenters. The maximum Gasteiger partial charge on any atom is 0.241 e. The molecule has 1 N–H and O–H groups in total. The van der Waals surface area contributed by atoms with Crippen molar-refractivity contribution >= 4 is 21.6 Å². The van der Waals surface area contributed by atoms with Crippen molar-refractivity contribution in [1.29, 1.82) is 0 Å². The lowest BCUT2D eigenvalue weighted by atomic mass is 9.71. The standard InChI is InChI=1S/C34H38N4O3S/c1-23-10-13-26(14-11-23)42(40,41)36-31-16-17-34(2,3)30-15-12-25(20-29(30)31)38(22-32-35-18-19-37(32)4)33(39)28-21-27(28)24-8-6-5-7-9-24/h5-15,18-20,27-28,31,36H,16-17,21-22H2,1-4H3/t27-,28-,31+/m1/s1. The van der Waals surface area contributed by atoms with Crippen molar-refractivity contribution in [1.82, 2.24) is 14.3 Å². The number of hydrogen-bond acceptors (Lipinski definition) is 4. The first-order chi connectivity index (χ1) is 20.0. The Hall–Kier alpha value is -3.75. The number of anilines is 1. The van der Waals surface area contributed by atoms with Crippen LogP contribution in [0.2, 0.25) is 0 Å². The molecule has 0 radical (unpaired) electrons. The van der Waals surface area contributed by atoms with Crippen molar-refractivity contribution in [3.63, 3.8) is 0 Å². The number of nitrogens with one attached hydrogen (secondary N) is 1. The third-order valence-corrected chi connectivity index (χ3v) is 10.4. The Morgan fingerprint density at radius 1 is 1.07 bits per heavy atom. The number of carbonyl (C=O) groups is 1. The lowest BCUT2D eigenvalue weighted by Crippen LogP contribution is -2.37. The van der Waals surface area contributed by atoms with Gasteiger partial charge in [0.1, 0.15) is 5.82 Å². The van der Waals surface area contributed by atoms with Crippen LogP contribution in [0.3, 0.4) is 0 Å². The van der Waals surface area contributed by atoms with Crippen LogP contribution in [0.25, 0.3) is 0 Å². The van der Waals surface area contributed by atoms with Crippen molar-refractivity contribution in [2.45, 2.75) is 68.8 Å². The van der Waals surface area contributed by atoms with Crippen LogP contribution in [0.5, 0.6) is 0 Å². The van der Waals surface area contributed by atoms with Crippen LogP contribution in [-0.2, 0) is 33.8 Å². The second kappa shape index (κ2) is 10.8. The highest BCUT2D eigenvalue weighted by molar-refractivity contribution is 7.89. The van der Waals surface area contributed by atoms with Gasteiger partial charge in [0.15, 0.2) is 0 Å². The normalized spacial score (nSPS) is 21.0. The summed E-state index contributed by atoms with van der Waals surface area (Å²) >= 11 is 0. The van der Waals surface area contributed by atoms with E-state index in [1.165, 1.54) is 5.56 Å². The molecule has 2 aliphatic carbocycles. The lowest BCUT2D eigenvalue weighted by molar-refractivity contribution is -0.120. The molecule has 1 fully saturated rings. The molecule has 0 bridgehead atoms. The number of fused-ring (bicyclic) bond motifs is 1. The van der Waals surface area contributed by atoms with Crippen molar-refractivity contribution in [3.05, 3.63) is 113 Å². The Bertz CT molecular complexity index is 1710. The minimum atomic E-state index is -3.74. The zero-order chi connectivity index (χ0) is 29.6. The van der Waals surface area contributed by atoms with Gasteiger partial charge in [-0.25, -0.2) is 18.1 Å². The highest BCUT2D eigenvalue weighted by Crippen LogP contribution is 2.49. The largest absolute Gasteiger partial charge is 0.337 e. The summed E-state index contributed by atoms with van der Waals surface area (Å²) in [5.41, 5.74) is 4.86. The smallest absolute Gasteiger partial charge is 0.241 e. The number of sulfonamides is 1. The Labute approximate surface area is 248 Å². The van der Waals surface area contributed by atoms with Gasteiger partial charge in [-0.05, 0) is 78.5 Å². The second-order valence-electron chi connectivity index (χ2n) is 12.4. The van der Waals surface area contributed by atoms with E-state index < -0.39 is 16.1 Å². The van der Waals surface area contributed by atoms with E-state index in [4.69, 9.17) is 0 Å². The molecule has 4 aromatic rings. The van der Waals surface area contributed by atoms with E-state index in [1.807, 2.05) is 72.1 Å². The molecule has 0 saturated heterocycles. The van der Waals surface area contributed by atoms with Crippen LogP contribution < -0.4 is 9.62 Å². The molecule has 3 aromatic carbocycles. The summed E-state index contributed by atoms with van der Waals surface area (Å²) in [5, 5.41) is 0. The maximum atomic E-state index is 14.1. The Balaban J connectivity index is 1.36. The number of benzene rings is 3. The first-order valence-electron chi connectivity index (χ1n) is 14.6. The van der Waals surface area contributed by atoms with Crippen molar-refractivity contribution in [2.75, 3.05) is 4.90 Å². The minimum absolute atomic E-state index is 0.0682. The molecular weight excluding hydrogens is 544 g/mol. The number of amides is 1. The van der Waals surface area contributed by atoms with Gasteiger partial charge in [-0.1, -0.05) is 67.9 Å². The van der Waals surface area contributed by atoms with Crippen LogP contribution in [-0.4, -0.2) is 23.9 Å². The number of nitrogens with zero attached hydrogens (tertiary/aromatic N) is 3. The van der Waals surface area contributed by atoms with Crippen molar-refractivity contribution in [3.8, 4) is 0 Å². The van der Waals surface area contributed by atoms with Crippen LogP contribution in [0.4, 0.5) is 5.69 Å². The third kappa shape index (κ3) is 5.53. The fourth-order valence-electron chi connectivity index (χ4n) is 6.24. The van der Waals surface area contributed by atoms with Gasteiger partial charge in [0.25, 0.3) is 0 Å². The average Bonchev–Trinajstić information content (AvgIpc) is 3.68. The fraction of sp³-hybridized carbons (Fsp3) is 0.353. The first kappa shape index (κ1) is 28.4. The molecular formula is C34H38N4O3S. The Morgan fingerprint density at radius 2 is 1.81 bits per heavy atom. The maximum absolute atomic E-state index is 14.1. The third-order valence-electron chi connectivity index (χ3n) is 8.96. The van der Waals surface area contributed by atoms with Crippen LogP contribution in [0, 0.1) is 12.8 Å². The Morgan fingerprint density at radius 3 is 2.50 bits per heavy atom. The number of aromatic nitrogens is 2. The molecule has 8 heteroatoms. The molecule has 42 heavy (non-hydrogen) atoms. The molecule has 3 atom stereocenters. The molecule has 0 aliphatic heterocycles. The van der Waals surface area contributed by atoms with Crippen molar-refractivity contribution < 1.29 is 13.2 Å². The van der Waals surface area contributed by atoms with Gasteiger partial charge in [-0.2, -0.15) is 0 Å². The van der Waals surface area contributed by atoms with E-state index >= 15 is 0 Å². The number of carbonyl (C=O) groups excluding carboxylic acids is 1. The van der Waals surface area contributed by atoms with Gasteiger partial charge in [-0.15, -0.1) is 0 Å². The highest BCUT2D eigenvalue weighted by atomic mass is 32.2. The lowest BCUT2D eigenvalue weighted by Gasteiger charge is -2.38. The molecule has 1 heterocycles. The predicted molar refractivity (Wildman–Crippen MR) is 165 cm³/mol. The summed E-state index contributed by atoms with van der Waals surface area (Å²) in [4.78, 5) is 20.7. The second-order valence-corrected chi connectivity index (χ2v) is 14.1. The van der Waals surface area contributed by atoms with E-state index in [0.29, 0.717) is 13.0 Å². The minimum Gasteiger partial charge on any atom is -0.337 e. The predicted octanol–water partition coefficient (Wildman–Crippen LogP) is 6.16. The van der Waals surface area contributed by atoms with Gasteiger partial charge in [0.05, 0.1) is 11.4 Å². The van der Waals surface area contributed by atoms with Crippen LogP contribution in [0.15, 0.2) is 90.1 Å². The Kier molecular flexibility index (Phi) is 7.31. The van der Waals surface area contributed by atoms with E-state index in [2.05, 4.69) is 41.8 Å². The number of imidazole rings is 1. The van der Waals surface area contributed by atoms with E-state index in [9.17, 15) is 13.2 Å². The molecule has 218 valence electrons. The summed E-state index contributed by atoms with van der Waals surface area (Å²) in [5.74, 6) is 0.956. The van der Waals surface area contributed by atoms with Gasteiger partial charge >= 0.3 is 0 Å². The number of rotatable bonds is 8. The molecule has 1 aromatic heterocycles. The molecule has 0 spiro atoms. The zero-order valence-corrected chi connectivity index (χ0v) is 25.4. The van der Waals surface area contributed by atoms with E-state index in [0.717, 1.165) is 41.0 Å². The molecule has 1 amide bonds. The number of hydrogen-bond donors (Lipinski definition) is 1. The quantitative estimate of drug-likeness (QED) is 0.270. The topological polar surface area (TPSA) is 84.3 Å². The average molecular weight is 583 g/mol. The summed E-state index contributed by atoms with van der Waals surface area (Å²) in [6, 6.07) is 22.8. The summed E-state index contributed by atoms with van der Waals surface area (Å²) in [6.45, 7) is 6.66. The van der Waals surface area contributed by atoms with Crippen LogP contribution in [0.1, 0.15) is 73.1 Å². The molecule has 6 rings (SSSR count). The zero-order valence-electron chi connectivity index (χ0n) is 24.6.